The zero-order valence-corrected chi connectivity index (χ0v) is 10.6. The maximum absolute atomic E-state index is 10.1. The monoisotopic (exact) mass is 222 g/mol. The molecular formula is C14H22O2. The molecule has 1 aromatic carbocycles. The summed E-state index contributed by atoms with van der Waals surface area (Å²) in [6, 6.07) is 7.73. The SMILES string of the molecule is CCC(C)C(O)c1cccc(OC(C)C)c1. The predicted molar refractivity (Wildman–Crippen MR) is 66.6 cm³/mol. The van der Waals surface area contributed by atoms with E-state index in [1.54, 1.807) is 0 Å². The number of hydrogen-bond donors (Lipinski definition) is 1. The molecule has 0 saturated carbocycles. The molecular weight excluding hydrogens is 200 g/mol. The topological polar surface area (TPSA) is 29.5 Å². The van der Waals surface area contributed by atoms with Crippen LogP contribution in [0.4, 0.5) is 0 Å². The summed E-state index contributed by atoms with van der Waals surface area (Å²) in [6.07, 6.45) is 0.730. The molecule has 0 aromatic heterocycles. The van der Waals surface area contributed by atoms with Gasteiger partial charge >= 0.3 is 0 Å². The van der Waals surface area contributed by atoms with E-state index in [0.717, 1.165) is 17.7 Å². The molecule has 0 aliphatic carbocycles. The Balaban J connectivity index is 2.81. The van der Waals surface area contributed by atoms with Crippen LogP contribution in [0.3, 0.4) is 0 Å². The van der Waals surface area contributed by atoms with Crippen LogP contribution in [-0.2, 0) is 0 Å². The lowest BCUT2D eigenvalue weighted by Gasteiger charge is -2.18. The van der Waals surface area contributed by atoms with E-state index in [-0.39, 0.29) is 12.0 Å². The quantitative estimate of drug-likeness (QED) is 0.825. The summed E-state index contributed by atoms with van der Waals surface area (Å²) >= 11 is 0. The fourth-order valence-corrected chi connectivity index (χ4v) is 1.60. The van der Waals surface area contributed by atoms with Crippen LogP contribution in [0.25, 0.3) is 0 Å². The van der Waals surface area contributed by atoms with Crippen LogP contribution in [-0.4, -0.2) is 11.2 Å². The van der Waals surface area contributed by atoms with Crippen molar-refractivity contribution in [3.63, 3.8) is 0 Å². The van der Waals surface area contributed by atoms with Gasteiger partial charge in [-0.1, -0.05) is 32.4 Å². The van der Waals surface area contributed by atoms with Gasteiger partial charge in [0, 0.05) is 0 Å². The van der Waals surface area contributed by atoms with E-state index in [0.29, 0.717) is 0 Å². The van der Waals surface area contributed by atoms with Gasteiger partial charge in [-0.3, -0.25) is 0 Å². The smallest absolute Gasteiger partial charge is 0.120 e. The Morgan fingerprint density at radius 3 is 2.50 bits per heavy atom. The highest BCUT2D eigenvalue weighted by atomic mass is 16.5. The minimum atomic E-state index is -0.402. The third kappa shape index (κ3) is 3.53. The number of aliphatic hydroxyl groups excluding tert-OH is 1. The van der Waals surface area contributed by atoms with Crippen molar-refractivity contribution in [1.29, 1.82) is 0 Å². The molecule has 1 aromatic rings. The van der Waals surface area contributed by atoms with Gasteiger partial charge in [0.15, 0.2) is 0 Å². The number of benzene rings is 1. The summed E-state index contributed by atoms with van der Waals surface area (Å²) in [6.45, 7) is 8.14. The Bertz CT molecular complexity index is 320. The third-order valence-corrected chi connectivity index (χ3v) is 2.75. The molecule has 0 bridgehead atoms. The second-order valence-corrected chi connectivity index (χ2v) is 4.57. The molecule has 2 unspecified atom stereocenters. The Hall–Kier alpha value is -1.02. The van der Waals surface area contributed by atoms with Crippen LogP contribution in [0, 0.1) is 5.92 Å². The lowest BCUT2D eigenvalue weighted by molar-refractivity contribution is 0.115. The highest BCUT2D eigenvalue weighted by Gasteiger charge is 2.15. The molecule has 0 amide bonds. The molecule has 0 spiro atoms. The van der Waals surface area contributed by atoms with Crippen LogP contribution >= 0.6 is 0 Å². The van der Waals surface area contributed by atoms with E-state index in [2.05, 4.69) is 13.8 Å². The maximum Gasteiger partial charge on any atom is 0.120 e. The van der Waals surface area contributed by atoms with Gasteiger partial charge in [-0.15, -0.1) is 0 Å². The fraction of sp³-hybridized carbons (Fsp3) is 0.571. The van der Waals surface area contributed by atoms with Crippen LogP contribution in [0.1, 0.15) is 45.8 Å². The van der Waals surface area contributed by atoms with Gasteiger partial charge in [0.05, 0.1) is 12.2 Å². The average Bonchev–Trinajstić information content (AvgIpc) is 2.26. The van der Waals surface area contributed by atoms with Gasteiger partial charge in [0.2, 0.25) is 0 Å². The first kappa shape index (κ1) is 13.0. The summed E-state index contributed by atoms with van der Waals surface area (Å²) in [5.74, 6) is 1.10. The summed E-state index contributed by atoms with van der Waals surface area (Å²) in [7, 11) is 0. The van der Waals surface area contributed by atoms with Crippen molar-refractivity contribution >= 4 is 0 Å². The summed E-state index contributed by atoms with van der Waals surface area (Å²) in [5.41, 5.74) is 0.938. The molecule has 90 valence electrons. The van der Waals surface area contributed by atoms with Gasteiger partial charge in [-0.25, -0.2) is 0 Å². The van der Waals surface area contributed by atoms with E-state index in [1.165, 1.54) is 0 Å². The standard InChI is InChI=1S/C14H22O2/c1-5-11(4)14(15)12-7-6-8-13(9-12)16-10(2)3/h6-11,14-15H,5H2,1-4H3. The number of aliphatic hydroxyl groups is 1. The first-order valence-electron chi connectivity index (χ1n) is 5.99. The Morgan fingerprint density at radius 2 is 1.94 bits per heavy atom. The molecule has 0 heterocycles. The van der Waals surface area contributed by atoms with Gasteiger partial charge < -0.3 is 9.84 Å². The molecule has 2 atom stereocenters. The van der Waals surface area contributed by atoms with Crippen molar-refractivity contribution in [3.05, 3.63) is 29.8 Å². The molecule has 0 saturated heterocycles. The number of ether oxygens (including phenoxy) is 1. The summed E-state index contributed by atoms with van der Waals surface area (Å²) in [5, 5.41) is 10.1. The van der Waals surface area contributed by atoms with E-state index < -0.39 is 6.10 Å². The lowest BCUT2D eigenvalue weighted by atomic mass is 9.95. The summed E-state index contributed by atoms with van der Waals surface area (Å²) < 4.78 is 5.61. The van der Waals surface area contributed by atoms with Crippen LogP contribution in [0.15, 0.2) is 24.3 Å². The Kier molecular flexibility index (Phi) is 4.81. The molecule has 2 heteroatoms. The molecule has 0 aliphatic rings. The van der Waals surface area contributed by atoms with Gasteiger partial charge in [0.1, 0.15) is 5.75 Å². The average molecular weight is 222 g/mol. The highest BCUT2D eigenvalue weighted by Crippen LogP contribution is 2.27. The minimum absolute atomic E-state index is 0.163. The van der Waals surface area contributed by atoms with E-state index in [4.69, 9.17) is 4.74 Å². The summed E-state index contributed by atoms with van der Waals surface area (Å²) in [4.78, 5) is 0. The van der Waals surface area contributed by atoms with E-state index in [1.807, 2.05) is 38.1 Å². The van der Waals surface area contributed by atoms with E-state index >= 15 is 0 Å². The second-order valence-electron chi connectivity index (χ2n) is 4.57. The van der Waals surface area contributed by atoms with Gasteiger partial charge in [-0.2, -0.15) is 0 Å². The molecule has 2 nitrogen and oxygen atoms in total. The third-order valence-electron chi connectivity index (χ3n) is 2.75. The van der Waals surface area contributed by atoms with Crippen molar-refractivity contribution < 1.29 is 9.84 Å². The van der Waals surface area contributed by atoms with Crippen molar-refractivity contribution in [2.24, 2.45) is 5.92 Å². The Morgan fingerprint density at radius 1 is 1.25 bits per heavy atom. The maximum atomic E-state index is 10.1. The Labute approximate surface area is 98.3 Å². The predicted octanol–water partition coefficient (Wildman–Crippen LogP) is 3.55. The molecule has 16 heavy (non-hydrogen) atoms. The first-order valence-corrected chi connectivity index (χ1v) is 5.99. The van der Waals surface area contributed by atoms with Crippen molar-refractivity contribution in [3.8, 4) is 5.75 Å². The first-order chi connectivity index (χ1) is 7.54. The molecule has 0 aliphatic heterocycles. The van der Waals surface area contributed by atoms with Crippen molar-refractivity contribution in [2.45, 2.75) is 46.3 Å². The largest absolute Gasteiger partial charge is 0.491 e. The van der Waals surface area contributed by atoms with Crippen LogP contribution < -0.4 is 4.74 Å². The second kappa shape index (κ2) is 5.90. The zero-order valence-electron chi connectivity index (χ0n) is 10.6. The lowest BCUT2D eigenvalue weighted by Crippen LogP contribution is -2.09. The minimum Gasteiger partial charge on any atom is -0.491 e. The molecule has 0 radical (unpaired) electrons. The normalized spacial score (nSPS) is 14.9. The number of rotatable bonds is 5. The van der Waals surface area contributed by atoms with E-state index in [9.17, 15) is 5.11 Å². The number of hydrogen-bond acceptors (Lipinski definition) is 2. The fourth-order valence-electron chi connectivity index (χ4n) is 1.60. The van der Waals surface area contributed by atoms with Crippen molar-refractivity contribution in [2.75, 3.05) is 0 Å². The van der Waals surface area contributed by atoms with Gasteiger partial charge in [0.25, 0.3) is 0 Å². The van der Waals surface area contributed by atoms with Gasteiger partial charge in [-0.05, 0) is 37.5 Å². The van der Waals surface area contributed by atoms with Crippen LogP contribution in [0.5, 0.6) is 5.75 Å². The molecule has 1 rings (SSSR count). The highest BCUT2D eigenvalue weighted by molar-refractivity contribution is 5.30. The molecule has 1 N–H and O–H groups in total. The van der Waals surface area contributed by atoms with Crippen LogP contribution in [0.2, 0.25) is 0 Å². The zero-order chi connectivity index (χ0) is 12.1. The molecule has 0 fully saturated rings. The van der Waals surface area contributed by atoms with Crippen molar-refractivity contribution in [1.82, 2.24) is 0 Å².